The third kappa shape index (κ3) is 4.70. The summed E-state index contributed by atoms with van der Waals surface area (Å²) in [7, 11) is 0. The highest BCUT2D eigenvalue weighted by atomic mass is 32.1. The van der Waals surface area contributed by atoms with E-state index in [1.54, 1.807) is 6.92 Å². The Morgan fingerprint density at radius 3 is 2.08 bits per heavy atom. The number of hydrogen-bond acceptors (Lipinski definition) is 3. The van der Waals surface area contributed by atoms with Gasteiger partial charge in [0.05, 0.1) is 0 Å². The summed E-state index contributed by atoms with van der Waals surface area (Å²) in [5.74, 6) is 1.70. The molecule has 5 nitrogen and oxygen atoms in total. The fraction of sp³-hybridized carbons (Fsp3) is 0.263. The van der Waals surface area contributed by atoms with Crippen LogP contribution in [0.1, 0.15) is 6.92 Å². The minimum absolute atomic E-state index is 0.118. The Morgan fingerprint density at radius 2 is 1.48 bits per heavy atom. The van der Waals surface area contributed by atoms with Gasteiger partial charge in [0.2, 0.25) is 5.91 Å². The van der Waals surface area contributed by atoms with Gasteiger partial charge in [0, 0.05) is 38.8 Å². The first-order valence-electron chi connectivity index (χ1n) is 8.26. The van der Waals surface area contributed by atoms with Crippen LogP contribution in [0, 0.1) is 0 Å². The van der Waals surface area contributed by atoms with Crippen LogP contribution in [0.3, 0.4) is 0 Å². The Labute approximate surface area is 153 Å². The van der Waals surface area contributed by atoms with Gasteiger partial charge in [0.15, 0.2) is 5.11 Å². The molecule has 0 bridgehead atoms. The number of thiocarbonyl (C=S) groups is 1. The smallest absolute Gasteiger partial charge is 0.219 e. The lowest BCUT2D eigenvalue weighted by Crippen LogP contribution is -2.51. The van der Waals surface area contributed by atoms with Crippen molar-refractivity contribution in [3.8, 4) is 11.5 Å². The number of ether oxygens (including phenoxy) is 1. The van der Waals surface area contributed by atoms with Gasteiger partial charge in [0.25, 0.3) is 0 Å². The highest BCUT2D eigenvalue weighted by molar-refractivity contribution is 7.80. The highest BCUT2D eigenvalue weighted by Gasteiger charge is 2.20. The first-order chi connectivity index (χ1) is 12.1. The van der Waals surface area contributed by atoms with E-state index in [4.69, 9.17) is 17.0 Å². The lowest BCUT2D eigenvalue weighted by molar-refractivity contribution is -0.130. The second kappa shape index (κ2) is 7.98. The molecule has 1 saturated heterocycles. The topological polar surface area (TPSA) is 44.8 Å². The van der Waals surface area contributed by atoms with E-state index < -0.39 is 0 Å². The van der Waals surface area contributed by atoms with Crippen LogP contribution in [0.4, 0.5) is 5.69 Å². The van der Waals surface area contributed by atoms with Crippen LogP contribution in [-0.2, 0) is 4.79 Å². The van der Waals surface area contributed by atoms with Crippen molar-refractivity contribution in [1.82, 2.24) is 9.80 Å². The molecular formula is C19H21N3O2S. The van der Waals surface area contributed by atoms with Crippen molar-refractivity contribution < 1.29 is 9.53 Å². The predicted molar refractivity (Wildman–Crippen MR) is 103 cm³/mol. The van der Waals surface area contributed by atoms with Crippen molar-refractivity contribution >= 4 is 28.9 Å². The fourth-order valence-corrected chi connectivity index (χ4v) is 2.96. The highest BCUT2D eigenvalue weighted by Crippen LogP contribution is 2.22. The normalized spacial score (nSPS) is 14.1. The van der Waals surface area contributed by atoms with E-state index in [1.807, 2.05) is 59.5 Å². The van der Waals surface area contributed by atoms with Crippen molar-refractivity contribution in [3.63, 3.8) is 0 Å². The van der Waals surface area contributed by atoms with Crippen molar-refractivity contribution in [1.29, 1.82) is 0 Å². The molecular weight excluding hydrogens is 334 g/mol. The van der Waals surface area contributed by atoms with Crippen LogP contribution in [0.15, 0.2) is 54.6 Å². The maximum Gasteiger partial charge on any atom is 0.219 e. The van der Waals surface area contributed by atoms with E-state index >= 15 is 0 Å². The predicted octanol–water partition coefficient (Wildman–Crippen LogP) is 3.34. The summed E-state index contributed by atoms with van der Waals surface area (Å²) in [6, 6.07) is 17.4. The first kappa shape index (κ1) is 17.2. The molecule has 0 radical (unpaired) electrons. The Balaban J connectivity index is 1.53. The van der Waals surface area contributed by atoms with Gasteiger partial charge in [-0.2, -0.15) is 0 Å². The Kier molecular flexibility index (Phi) is 5.50. The SMILES string of the molecule is CC(=O)N1CCN(C(=S)Nc2ccc(Oc3ccccc3)cc2)CC1. The number of carbonyl (C=O) groups is 1. The fourth-order valence-electron chi connectivity index (χ4n) is 2.66. The van der Waals surface area contributed by atoms with E-state index in [9.17, 15) is 4.79 Å². The summed E-state index contributed by atoms with van der Waals surface area (Å²) in [5, 5.41) is 3.93. The Morgan fingerprint density at radius 1 is 0.920 bits per heavy atom. The van der Waals surface area contributed by atoms with Crippen LogP contribution in [0.5, 0.6) is 11.5 Å². The zero-order valence-corrected chi connectivity index (χ0v) is 15.0. The number of piperazine rings is 1. The second-order valence-electron chi connectivity index (χ2n) is 5.86. The van der Waals surface area contributed by atoms with E-state index in [2.05, 4.69) is 10.2 Å². The maximum absolute atomic E-state index is 11.4. The standard InChI is InChI=1S/C19H21N3O2S/c1-15(23)21-11-13-22(14-12-21)19(25)20-16-7-9-18(10-8-16)24-17-5-3-2-4-6-17/h2-10H,11-14H2,1H3,(H,20,25). The van der Waals surface area contributed by atoms with Gasteiger partial charge in [-0.15, -0.1) is 0 Å². The molecule has 2 aromatic carbocycles. The molecule has 0 aliphatic carbocycles. The molecule has 1 aliphatic heterocycles. The number of nitrogens with one attached hydrogen (secondary N) is 1. The lowest BCUT2D eigenvalue weighted by atomic mass is 10.3. The number of carbonyl (C=O) groups excluding carboxylic acids is 1. The largest absolute Gasteiger partial charge is 0.457 e. The maximum atomic E-state index is 11.4. The zero-order chi connectivity index (χ0) is 17.6. The molecule has 1 aliphatic rings. The summed E-state index contributed by atoms with van der Waals surface area (Å²) in [6.45, 7) is 4.52. The molecule has 1 N–H and O–H groups in total. The number of anilines is 1. The Bertz CT molecular complexity index is 726. The van der Waals surface area contributed by atoms with Crippen LogP contribution >= 0.6 is 12.2 Å². The second-order valence-corrected chi connectivity index (χ2v) is 6.25. The van der Waals surface area contributed by atoms with E-state index in [-0.39, 0.29) is 5.91 Å². The summed E-state index contributed by atoms with van der Waals surface area (Å²) in [5.41, 5.74) is 0.916. The van der Waals surface area contributed by atoms with E-state index in [1.165, 1.54) is 0 Å². The summed E-state index contributed by atoms with van der Waals surface area (Å²) >= 11 is 5.48. The number of para-hydroxylation sites is 1. The minimum Gasteiger partial charge on any atom is -0.457 e. The molecule has 1 heterocycles. The molecule has 3 rings (SSSR count). The third-order valence-corrected chi connectivity index (χ3v) is 4.46. The molecule has 0 atom stereocenters. The number of hydrogen-bond donors (Lipinski definition) is 1. The molecule has 25 heavy (non-hydrogen) atoms. The lowest BCUT2D eigenvalue weighted by Gasteiger charge is -2.35. The van der Waals surface area contributed by atoms with E-state index in [0.717, 1.165) is 30.3 Å². The van der Waals surface area contributed by atoms with Gasteiger partial charge < -0.3 is 19.9 Å². The molecule has 0 saturated carbocycles. The first-order valence-corrected chi connectivity index (χ1v) is 8.67. The van der Waals surface area contributed by atoms with Gasteiger partial charge in [-0.05, 0) is 48.6 Å². The Hall–Kier alpha value is -2.60. The van der Waals surface area contributed by atoms with Crippen molar-refractivity contribution in [2.45, 2.75) is 6.92 Å². The minimum atomic E-state index is 0.118. The van der Waals surface area contributed by atoms with Crippen molar-refractivity contribution in [3.05, 3.63) is 54.6 Å². The van der Waals surface area contributed by atoms with Gasteiger partial charge in [-0.25, -0.2) is 0 Å². The molecule has 130 valence electrons. The average molecular weight is 355 g/mol. The molecule has 1 fully saturated rings. The zero-order valence-electron chi connectivity index (χ0n) is 14.1. The summed E-state index contributed by atoms with van der Waals surface area (Å²) < 4.78 is 5.78. The number of benzene rings is 2. The average Bonchev–Trinajstić information content (AvgIpc) is 2.64. The number of nitrogens with zero attached hydrogens (tertiary/aromatic N) is 2. The summed E-state index contributed by atoms with van der Waals surface area (Å²) in [4.78, 5) is 15.3. The van der Waals surface area contributed by atoms with Gasteiger partial charge >= 0.3 is 0 Å². The van der Waals surface area contributed by atoms with Gasteiger partial charge in [0.1, 0.15) is 11.5 Å². The van der Waals surface area contributed by atoms with Crippen LogP contribution in [0.25, 0.3) is 0 Å². The molecule has 2 aromatic rings. The van der Waals surface area contributed by atoms with Crippen LogP contribution in [0.2, 0.25) is 0 Å². The van der Waals surface area contributed by atoms with Crippen molar-refractivity contribution in [2.75, 3.05) is 31.5 Å². The third-order valence-electron chi connectivity index (χ3n) is 4.10. The summed E-state index contributed by atoms with van der Waals surface area (Å²) in [6.07, 6.45) is 0. The number of amides is 1. The van der Waals surface area contributed by atoms with Gasteiger partial charge in [-0.3, -0.25) is 4.79 Å². The molecule has 6 heteroatoms. The van der Waals surface area contributed by atoms with Crippen molar-refractivity contribution in [2.24, 2.45) is 0 Å². The molecule has 1 amide bonds. The number of rotatable bonds is 3. The van der Waals surface area contributed by atoms with Crippen LogP contribution < -0.4 is 10.1 Å². The van der Waals surface area contributed by atoms with Crippen LogP contribution in [-0.4, -0.2) is 47.0 Å². The molecule has 0 spiro atoms. The van der Waals surface area contributed by atoms with E-state index in [0.29, 0.717) is 18.2 Å². The van der Waals surface area contributed by atoms with Gasteiger partial charge in [-0.1, -0.05) is 18.2 Å². The molecule has 0 aromatic heterocycles. The monoisotopic (exact) mass is 355 g/mol. The quantitative estimate of drug-likeness (QED) is 0.856. The molecule has 0 unspecified atom stereocenters.